The average Bonchev–Trinajstić information content (AvgIpc) is 1.67. The van der Waals surface area contributed by atoms with Crippen molar-refractivity contribution in [3.05, 3.63) is 12.3 Å². The van der Waals surface area contributed by atoms with Crippen LogP contribution in [0.5, 0.6) is 0 Å². The van der Waals surface area contributed by atoms with E-state index in [1.165, 1.54) is 0 Å². The molecule has 0 bridgehead atoms. The van der Waals surface area contributed by atoms with E-state index in [9.17, 15) is 4.79 Å². The van der Waals surface area contributed by atoms with E-state index >= 15 is 0 Å². The van der Waals surface area contributed by atoms with E-state index in [1.807, 2.05) is 0 Å². The van der Waals surface area contributed by atoms with Gasteiger partial charge in [-0.15, -0.1) is 0 Å². The second kappa shape index (κ2) is 2.23. The van der Waals surface area contributed by atoms with Gasteiger partial charge in [0.15, 0.2) is 5.76 Å². The quantitative estimate of drug-likeness (QED) is 0.293. The minimum Gasteiger partial charge on any atom is -0.502 e. The first-order chi connectivity index (χ1) is 3.68. The fourth-order valence-corrected chi connectivity index (χ4v) is 0.0833. The van der Waals surface area contributed by atoms with Crippen LogP contribution in [0, 0.1) is 0 Å². The summed E-state index contributed by atoms with van der Waals surface area (Å²) >= 11 is 0. The van der Waals surface area contributed by atoms with Crippen molar-refractivity contribution >= 4 is 5.97 Å². The molecule has 0 aliphatic rings. The van der Waals surface area contributed by atoms with Crippen molar-refractivity contribution in [2.45, 2.75) is 0 Å². The molecule has 0 radical (unpaired) electrons. The standard InChI is InChI=1S/C4H6O3/c1-3(5)4(6)7-2/h5H,1H2,2H3/i2D. The number of hydrogen-bond donors (Lipinski definition) is 1. The van der Waals surface area contributed by atoms with Crippen LogP contribution in [0.2, 0.25) is 0 Å². The maximum Gasteiger partial charge on any atom is 0.372 e. The first-order valence-electron chi connectivity index (χ1n) is 2.23. The Bertz CT molecular complexity index is 110. The Kier molecular flexibility index (Phi) is 1.33. The Hall–Kier alpha value is -0.990. The van der Waals surface area contributed by atoms with Gasteiger partial charge in [0.05, 0.1) is 8.46 Å². The predicted molar refractivity (Wildman–Crippen MR) is 23.8 cm³/mol. The van der Waals surface area contributed by atoms with Crippen LogP contribution in [-0.4, -0.2) is 18.2 Å². The topological polar surface area (TPSA) is 46.5 Å². The number of carbonyl (C=O) groups is 1. The van der Waals surface area contributed by atoms with Gasteiger partial charge in [-0.05, 0) is 6.58 Å². The van der Waals surface area contributed by atoms with E-state index in [0.717, 1.165) is 0 Å². The van der Waals surface area contributed by atoms with Crippen LogP contribution in [-0.2, 0) is 9.53 Å². The molecule has 0 saturated heterocycles. The smallest absolute Gasteiger partial charge is 0.372 e. The van der Waals surface area contributed by atoms with Crippen LogP contribution in [0.4, 0.5) is 0 Å². The van der Waals surface area contributed by atoms with Gasteiger partial charge in [-0.1, -0.05) is 0 Å². The second-order valence-electron chi connectivity index (χ2n) is 0.878. The molecule has 0 fully saturated rings. The summed E-state index contributed by atoms with van der Waals surface area (Å²) in [5, 5.41) is 8.20. The van der Waals surface area contributed by atoms with Crippen LogP contribution < -0.4 is 0 Å². The van der Waals surface area contributed by atoms with E-state index in [0.29, 0.717) is 0 Å². The Labute approximate surface area is 42.6 Å². The van der Waals surface area contributed by atoms with Crippen molar-refractivity contribution in [1.29, 1.82) is 0 Å². The van der Waals surface area contributed by atoms with Crippen molar-refractivity contribution in [2.75, 3.05) is 7.09 Å². The predicted octanol–water partition coefficient (Wildman–Crippen LogP) is 0.231. The molecule has 7 heavy (non-hydrogen) atoms. The summed E-state index contributed by atoms with van der Waals surface area (Å²) in [6.45, 7) is 2.87. The van der Waals surface area contributed by atoms with E-state index < -0.39 is 18.8 Å². The van der Waals surface area contributed by atoms with Crippen molar-refractivity contribution in [2.24, 2.45) is 0 Å². The number of methoxy groups -OCH3 is 1. The maximum atomic E-state index is 10.1. The number of hydrogen-bond acceptors (Lipinski definition) is 3. The Morgan fingerprint density at radius 3 is 2.86 bits per heavy atom. The Morgan fingerprint density at radius 1 is 2.14 bits per heavy atom. The van der Waals surface area contributed by atoms with Crippen molar-refractivity contribution in [3.8, 4) is 0 Å². The van der Waals surface area contributed by atoms with Gasteiger partial charge in [0.25, 0.3) is 0 Å². The molecule has 0 amide bonds. The number of rotatable bonds is 1. The summed E-state index contributed by atoms with van der Waals surface area (Å²) in [7, 11) is -0.488. The number of aliphatic hydroxyl groups excluding tert-OH is 1. The SMILES string of the molecule is [2H]COC(=O)C(=C)O. The summed E-state index contributed by atoms with van der Waals surface area (Å²) in [4.78, 5) is 10.1. The van der Waals surface area contributed by atoms with E-state index in [4.69, 9.17) is 6.48 Å². The minimum absolute atomic E-state index is 0.488. The molecule has 3 heteroatoms. The van der Waals surface area contributed by atoms with Gasteiger partial charge in [-0.3, -0.25) is 0 Å². The fourth-order valence-electron chi connectivity index (χ4n) is 0.0833. The summed E-state index contributed by atoms with van der Waals surface area (Å²) in [5.41, 5.74) is 0. The highest BCUT2D eigenvalue weighted by Crippen LogP contribution is 1.82. The van der Waals surface area contributed by atoms with Gasteiger partial charge in [0.1, 0.15) is 0 Å². The van der Waals surface area contributed by atoms with Gasteiger partial charge in [0, 0.05) is 0 Å². The van der Waals surface area contributed by atoms with Crippen LogP contribution in [0.3, 0.4) is 0 Å². The van der Waals surface area contributed by atoms with Gasteiger partial charge in [-0.2, -0.15) is 0 Å². The third kappa shape index (κ3) is 1.81. The molecule has 0 heterocycles. The zero-order valence-corrected chi connectivity index (χ0v) is 3.68. The van der Waals surface area contributed by atoms with Crippen molar-refractivity contribution in [1.82, 2.24) is 0 Å². The minimum atomic E-state index is -0.944. The lowest BCUT2D eigenvalue weighted by Crippen LogP contribution is -2.01. The monoisotopic (exact) mass is 103 g/mol. The summed E-state index contributed by atoms with van der Waals surface area (Å²) in [5.74, 6) is -1.61. The van der Waals surface area contributed by atoms with E-state index in [1.54, 1.807) is 0 Å². The molecule has 0 aromatic rings. The van der Waals surface area contributed by atoms with Crippen LogP contribution in [0.25, 0.3) is 0 Å². The summed E-state index contributed by atoms with van der Waals surface area (Å²) < 4.78 is 10.3. The number of ether oxygens (including phenoxy) is 1. The van der Waals surface area contributed by atoms with Gasteiger partial charge in [-0.25, -0.2) is 4.79 Å². The molecule has 0 rings (SSSR count). The largest absolute Gasteiger partial charge is 0.502 e. The molecular weight excluding hydrogens is 96.0 g/mol. The normalized spacial score (nSPS) is 9.43. The van der Waals surface area contributed by atoms with E-state index in [-0.39, 0.29) is 0 Å². The van der Waals surface area contributed by atoms with Gasteiger partial charge in [0.2, 0.25) is 0 Å². The fraction of sp³-hybridized carbons (Fsp3) is 0.250. The van der Waals surface area contributed by atoms with E-state index in [2.05, 4.69) is 11.3 Å². The number of carbonyl (C=O) groups excluding carboxylic acids is 1. The molecule has 3 nitrogen and oxygen atoms in total. The van der Waals surface area contributed by atoms with Crippen LogP contribution in [0.15, 0.2) is 12.3 Å². The average molecular weight is 103 g/mol. The molecule has 0 spiro atoms. The van der Waals surface area contributed by atoms with Crippen LogP contribution in [0.1, 0.15) is 1.37 Å². The molecule has 0 aliphatic heterocycles. The number of esters is 1. The molecular formula is C4H6O3. The summed E-state index contributed by atoms with van der Waals surface area (Å²) in [6, 6.07) is 0. The highest BCUT2D eigenvalue weighted by molar-refractivity contribution is 5.84. The Balaban J connectivity index is 3.49. The Morgan fingerprint density at radius 2 is 2.71 bits per heavy atom. The maximum absolute atomic E-state index is 10.1. The molecule has 1 N–H and O–H groups in total. The molecule has 0 unspecified atom stereocenters. The first-order valence-corrected chi connectivity index (χ1v) is 1.52. The van der Waals surface area contributed by atoms with Gasteiger partial charge < -0.3 is 9.84 Å². The number of aliphatic hydroxyl groups is 1. The summed E-state index contributed by atoms with van der Waals surface area (Å²) in [6.07, 6.45) is 0. The van der Waals surface area contributed by atoms with Crippen LogP contribution >= 0.6 is 0 Å². The highest BCUT2D eigenvalue weighted by atomic mass is 16.5. The molecule has 0 aliphatic carbocycles. The third-order valence-corrected chi connectivity index (χ3v) is 0.367. The zero-order chi connectivity index (χ0) is 6.57. The second-order valence-corrected chi connectivity index (χ2v) is 0.878. The third-order valence-electron chi connectivity index (χ3n) is 0.367. The highest BCUT2D eigenvalue weighted by Gasteiger charge is 1.99. The molecule has 0 atom stereocenters. The molecule has 0 aromatic carbocycles. The molecule has 0 saturated carbocycles. The lowest BCUT2D eigenvalue weighted by Gasteiger charge is -1.90. The van der Waals surface area contributed by atoms with Crippen molar-refractivity contribution in [3.63, 3.8) is 0 Å². The molecule has 0 aromatic heterocycles. The lowest BCUT2D eigenvalue weighted by atomic mass is 10.6. The van der Waals surface area contributed by atoms with Gasteiger partial charge >= 0.3 is 5.97 Å². The molecule has 40 valence electrons. The first kappa shape index (κ1) is 4.18. The zero-order valence-electron chi connectivity index (χ0n) is 4.68. The lowest BCUT2D eigenvalue weighted by molar-refractivity contribution is -0.138. The van der Waals surface area contributed by atoms with Crippen molar-refractivity contribution < 1.29 is 16.0 Å².